The standard InChI is InChI=1S/C19H18F2N4O3S/c20-12-2-1-3-13(21)16(12)19-25-15(9-29-19)17(26)24-14-8-22-10-23-18(14)28-11-4-6-27-7-5-11/h1-3,8-12,16H,4-7H2,(H,24,26). The Kier molecular flexibility index (Phi) is 5.91. The van der Waals surface area contributed by atoms with E-state index in [-0.39, 0.29) is 22.7 Å². The molecular weight excluding hydrogens is 402 g/mol. The van der Waals surface area contributed by atoms with E-state index < -0.39 is 23.8 Å². The normalized spacial score (nSPS) is 22.2. The molecule has 1 amide bonds. The first-order chi connectivity index (χ1) is 14.1. The number of thiazole rings is 1. The summed E-state index contributed by atoms with van der Waals surface area (Å²) in [5.74, 6) is -2.03. The van der Waals surface area contributed by atoms with E-state index in [2.05, 4.69) is 20.3 Å². The number of anilines is 1. The Labute approximate surface area is 169 Å². The molecule has 2 aliphatic rings. The van der Waals surface area contributed by atoms with Crippen LogP contribution < -0.4 is 10.1 Å². The van der Waals surface area contributed by atoms with Gasteiger partial charge in [0.1, 0.15) is 40.8 Å². The lowest BCUT2D eigenvalue weighted by atomic mass is 9.98. The fraction of sp³-hybridized carbons (Fsp3) is 0.368. The number of nitrogens with zero attached hydrogens (tertiary/aromatic N) is 3. The van der Waals surface area contributed by atoms with Gasteiger partial charge in [0.2, 0.25) is 5.88 Å². The third kappa shape index (κ3) is 4.48. The van der Waals surface area contributed by atoms with Gasteiger partial charge in [-0.2, -0.15) is 4.98 Å². The zero-order chi connectivity index (χ0) is 20.2. The van der Waals surface area contributed by atoms with Gasteiger partial charge in [-0.05, 0) is 12.2 Å². The maximum atomic E-state index is 14.1. The number of hydrogen-bond donors (Lipinski definition) is 1. The van der Waals surface area contributed by atoms with E-state index in [0.29, 0.717) is 18.9 Å². The second-order valence-corrected chi connectivity index (χ2v) is 7.44. The van der Waals surface area contributed by atoms with E-state index in [1.54, 1.807) is 0 Å². The number of allylic oxidation sites excluding steroid dienone is 4. The van der Waals surface area contributed by atoms with Gasteiger partial charge >= 0.3 is 0 Å². The van der Waals surface area contributed by atoms with E-state index in [4.69, 9.17) is 9.47 Å². The van der Waals surface area contributed by atoms with Crippen molar-refractivity contribution in [1.29, 1.82) is 0 Å². The maximum Gasteiger partial charge on any atom is 0.275 e. The van der Waals surface area contributed by atoms with Crippen LogP contribution in [0.1, 0.15) is 34.3 Å². The van der Waals surface area contributed by atoms with Gasteiger partial charge in [0, 0.05) is 18.2 Å². The molecule has 7 nitrogen and oxygen atoms in total. The van der Waals surface area contributed by atoms with Crippen molar-refractivity contribution in [2.24, 2.45) is 0 Å². The number of rotatable bonds is 5. The van der Waals surface area contributed by atoms with E-state index >= 15 is 0 Å². The Morgan fingerprint density at radius 3 is 2.97 bits per heavy atom. The maximum absolute atomic E-state index is 14.1. The minimum atomic E-state index is -1.52. The fourth-order valence-electron chi connectivity index (χ4n) is 3.05. The van der Waals surface area contributed by atoms with Crippen LogP contribution in [-0.4, -0.2) is 46.3 Å². The van der Waals surface area contributed by atoms with Gasteiger partial charge in [0.25, 0.3) is 5.91 Å². The second kappa shape index (κ2) is 8.75. The van der Waals surface area contributed by atoms with Crippen LogP contribution in [0.25, 0.3) is 0 Å². The van der Waals surface area contributed by atoms with Gasteiger partial charge in [-0.25, -0.2) is 18.7 Å². The van der Waals surface area contributed by atoms with Crippen LogP contribution in [0, 0.1) is 0 Å². The van der Waals surface area contributed by atoms with E-state index in [9.17, 15) is 13.6 Å². The summed E-state index contributed by atoms with van der Waals surface area (Å²) in [6, 6.07) is 0. The Balaban J connectivity index is 1.47. The van der Waals surface area contributed by atoms with Gasteiger partial charge < -0.3 is 14.8 Å². The van der Waals surface area contributed by atoms with Gasteiger partial charge in [-0.1, -0.05) is 6.08 Å². The minimum Gasteiger partial charge on any atom is -0.473 e. The number of nitrogens with one attached hydrogen (secondary N) is 1. The molecule has 0 aromatic carbocycles. The molecule has 4 rings (SSSR count). The SMILES string of the molecule is O=C(Nc1cncnc1OC1CCOCC1)c1csc(C2C(F)=CC=CC2F)n1. The van der Waals surface area contributed by atoms with Crippen LogP contribution in [0.5, 0.6) is 5.88 Å². The molecule has 0 saturated carbocycles. The summed E-state index contributed by atoms with van der Waals surface area (Å²) >= 11 is 1.03. The predicted molar refractivity (Wildman–Crippen MR) is 103 cm³/mol. The highest BCUT2D eigenvalue weighted by molar-refractivity contribution is 7.10. The molecule has 0 bridgehead atoms. The summed E-state index contributed by atoms with van der Waals surface area (Å²) in [7, 11) is 0. The smallest absolute Gasteiger partial charge is 0.275 e. The molecule has 2 atom stereocenters. The van der Waals surface area contributed by atoms with Crippen LogP contribution in [0.2, 0.25) is 0 Å². The van der Waals surface area contributed by atoms with E-state index in [1.165, 1.54) is 36.1 Å². The van der Waals surface area contributed by atoms with Crippen molar-refractivity contribution in [3.05, 3.63) is 52.7 Å². The number of halogens is 2. The molecule has 1 N–H and O–H groups in total. The van der Waals surface area contributed by atoms with Crippen molar-refractivity contribution in [2.75, 3.05) is 18.5 Å². The molecule has 2 aromatic heterocycles. The lowest BCUT2D eigenvalue weighted by Gasteiger charge is -2.23. The zero-order valence-electron chi connectivity index (χ0n) is 15.3. The second-order valence-electron chi connectivity index (χ2n) is 6.55. The monoisotopic (exact) mass is 420 g/mol. The molecule has 29 heavy (non-hydrogen) atoms. The summed E-state index contributed by atoms with van der Waals surface area (Å²) in [6.07, 6.45) is 6.42. The van der Waals surface area contributed by atoms with Crippen LogP contribution in [-0.2, 0) is 4.74 Å². The number of carbonyl (C=O) groups is 1. The van der Waals surface area contributed by atoms with Crippen molar-refractivity contribution in [2.45, 2.75) is 31.0 Å². The molecular formula is C19H18F2N4O3S. The molecule has 10 heteroatoms. The van der Waals surface area contributed by atoms with Crippen molar-refractivity contribution < 1.29 is 23.0 Å². The van der Waals surface area contributed by atoms with Crippen molar-refractivity contribution >= 4 is 22.9 Å². The Hall–Kier alpha value is -2.72. The summed E-state index contributed by atoms with van der Waals surface area (Å²) in [6.45, 7) is 1.21. The number of alkyl halides is 1. The Morgan fingerprint density at radius 2 is 2.17 bits per heavy atom. The highest BCUT2D eigenvalue weighted by Gasteiger charge is 2.31. The highest BCUT2D eigenvalue weighted by atomic mass is 32.1. The molecule has 1 fully saturated rings. The molecule has 3 heterocycles. The topological polar surface area (TPSA) is 86.2 Å². The quantitative estimate of drug-likeness (QED) is 0.796. The summed E-state index contributed by atoms with van der Waals surface area (Å²) in [4.78, 5) is 24.8. The first-order valence-electron chi connectivity index (χ1n) is 9.11. The number of aromatic nitrogens is 3. The average molecular weight is 420 g/mol. The molecule has 1 aliphatic carbocycles. The van der Waals surface area contributed by atoms with Crippen molar-refractivity contribution in [3.8, 4) is 5.88 Å². The summed E-state index contributed by atoms with van der Waals surface area (Å²) in [5, 5.41) is 4.32. The molecule has 2 unspecified atom stereocenters. The largest absolute Gasteiger partial charge is 0.473 e. The van der Waals surface area contributed by atoms with Crippen molar-refractivity contribution in [1.82, 2.24) is 15.0 Å². The first-order valence-corrected chi connectivity index (χ1v) is 9.99. The first kappa shape index (κ1) is 19.6. The number of amides is 1. The predicted octanol–water partition coefficient (Wildman–Crippen LogP) is 3.59. The van der Waals surface area contributed by atoms with Crippen molar-refractivity contribution in [3.63, 3.8) is 0 Å². The third-order valence-corrected chi connectivity index (χ3v) is 5.48. The van der Waals surface area contributed by atoms with Crippen LogP contribution >= 0.6 is 11.3 Å². The minimum absolute atomic E-state index is 0.0559. The van der Waals surface area contributed by atoms with Gasteiger partial charge in [-0.3, -0.25) is 4.79 Å². The Morgan fingerprint density at radius 1 is 1.34 bits per heavy atom. The Bertz CT molecular complexity index is 943. The zero-order valence-corrected chi connectivity index (χ0v) is 16.1. The highest BCUT2D eigenvalue weighted by Crippen LogP contribution is 2.36. The van der Waals surface area contributed by atoms with Gasteiger partial charge in [0.15, 0.2) is 0 Å². The van der Waals surface area contributed by atoms with Gasteiger partial charge in [0.05, 0.1) is 25.3 Å². The molecule has 2 aromatic rings. The fourth-order valence-corrected chi connectivity index (χ4v) is 3.98. The van der Waals surface area contributed by atoms with E-state index in [1.807, 2.05) is 0 Å². The molecule has 152 valence electrons. The molecule has 0 spiro atoms. The lowest BCUT2D eigenvalue weighted by Crippen LogP contribution is -2.27. The number of carbonyl (C=O) groups excluding carboxylic acids is 1. The molecule has 0 radical (unpaired) electrons. The van der Waals surface area contributed by atoms with Crippen LogP contribution in [0.15, 0.2) is 42.0 Å². The average Bonchev–Trinajstić information content (AvgIpc) is 3.20. The lowest BCUT2D eigenvalue weighted by molar-refractivity contribution is 0.0239. The third-order valence-electron chi connectivity index (χ3n) is 4.56. The summed E-state index contributed by atoms with van der Waals surface area (Å²) in [5.41, 5.74) is 0.356. The van der Waals surface area contributed by atoms with Gasteiger partial charge in [-0.15, -0.1) is 11.3 Å². The van der Waals surface area contributed by atoms with Crippen LogP contribution in [0.3, 0.4) is 0 Å². The molecule has 1 saturated heterocycles. The van der Waals surface area contributed by atoms with E-state index in [0.717, 1.165) is 24.2 Å². The molecule has 1 aliphatic heterocycles. The van der Waals surface area contributed by atoms with Crippen LogP contribution in [0.4, 0.5) is 14.5 Å². The number of hydrogen-bond acceptors (Lipinski definition) is 7. The number of ether oxygens (including phenoxy) is 2. The summed E-state index contributed by atoms with van der Waals surface area (Å²) < 4.78 is 39.3.